The summed E-state index contributed by atoms with van der Waals surface area (Å²) in [4.78, 5) is 23.2. The van der Waals surface area contributed by atoms with E-state index in [1.54, 1.807) is 0 Å². The van der Waals surface area contributed by atoms with Crippen LogP contribution in [0.4, 0.5) is 5.82 Å². The number of aromatic nitrogens is 1. The molecule has 0 aliphatic rings. The molecule has 1 aromatic heterocycles. The Hall–Kier alpha value is -2.62. The van der Waals surface area contributed by atoms with Gasteiger partial charge in [-0.2, -0.15) is 0 Å². The molecule has 0 radical (unpaired) electrons. The van der Waals surface area contributed by atoms with Gasteiger partial charge in [0.15, 0.2) is 0 Å². The lowest BCUT2D eigenvalue weighted by atomic mass is 10.3. The number of nitrogens with two attached hydrogens (primary N) is 1. The van der Waals surface area contributed by atoms with Gasteiger partial charge in [-0.25, -0.2) is 0 Å². The van der Waals surface area contributed by atoms with Gasteiger partial charge in [0.05, 0.1) is 0 Å². The number of nitro groups is 1. The largest absolute Gasteiger partial charge is 0.501 e. The number of pyridine rings is 1. The highest BCUT2D eigenvalue weighted by atomic mass is 16.6. The number of hydrogen-bond donors (Lipinski definition) is 2. The van der Waals surface area contributed by atoms with Gasteiger partial charge in [-0.3, -0.25) is 4.79 Å². The van der Waals surface area contributed by atoms with Gasteiger partial charge in [0, 0.05) is 12.0 Å². The zero-order valence-electron chi connectivity index (χ0n) is 7.30. The summed E-state index contributed by atoms with van der Waals surface area (Å²) in [6.45, 7) is 0. The van der Waals surface area contributed by atoms with E-state index in [4.69, 9.17) is 10.8 Å². The van der Waals surface area contributed by atoms with Crippen LogP contribution in [-0.2, 0) is 4.79 Å². The molecule has 3 N–H and O–H groups in total. The highest BCUT2D eigenvalue weighted by Crippen LogP contribution is 2.21. The molecule has 0 aliphatic carbocycles. The molecule has 0 bridgehead atoms. The molecule has 0 aromatic carbocycles. The molecular formula is C8H5N3O4. The lowest BCUT2D eigenvalue weighted by Crippen LogP contribution is -2.06. The van der Waals surface area contributed by atoms with E-state index in [1.165, 1.54) is 6.07 Å². The third kappa shape index (κ3) is 2.67. The summed E-state index contributed by atoms with van der Waals surface area (Å²) < 4.78 is 0. The fourth-order valence-corrected chi connectivity index (χ4v) is 0.771. The lowest BCUT2D eigenvalue weighted by Gasteiger charge is -1.94. The average Bonchev–Trinajstić information content (AvgIpc) is 2.16. The van der Waals surface area contributed by atoms with Crippen LogP contribution < -0.4 is 5.73 Å². The monoisotopic (exact) mass is 207 g/mol. The number of aromatic hydroxyl groups is 1. The Morgan fingerprint density at radius 2 is 2.27 bits per heavy atom. The average molecular weight is 207 g/mol. The SMILES string of the molecule is NC(=O)C#Cc1ccc(O)c([N+](=O)[O-])n1. The summed E-state index contributed by atoms with van der Waals surface area (Å²) >= 11 is 0. The molecule has 1 amide bonds. The van der Waals surface area contributed by atoms with Crippen molar-refractivity contribution in [2.24, 2.45) is 5.73 Å². The van der Waals surface area contributed by atoms with Gasteiger partial charge >= 0.3 is 5.82 Å². The highest BCUT2D eigenvalue weighted by Gasteiger charge is 2.15. The van der Waals surface area contributed by atoms with Crippen LogP contribution in [-0.4, -0.2) is 20.9 Å². The predicted molar refractivity (Wildman–Crippen MR) is 48.6 cm³/mol. The van der Waals surface area contributed by atoms with E-state index >= 15 is 0 Å². The van der Waals surface area contributed by atoms with Crippen molar-refractivity contribution in [2.45, 2.75) is 0 Å². The smallest absolute Gasteiger partial charge is 0.407 e. The fraction of sp³-hybridized carbons (Fsp3) is 0. The Bertz CT molecular complexity index is 486. The minimum atomic E-state index is -0.868. The summed E-state index contributed by atoms with van der Waals surface area (Å²) in [7, 11) is 0. The first kappa shape index (κ1) is 10.5. The van der Waals surface area contributed by atoms with Crippen LogP contribution in [0, 0.1) is 22.0 Å². The molecule has 7 nitrogen and oxygen atoms in total. The summed E-state index contributed by atoms with van der Waals surface area (Å²) in [5, 5.41) is 19.4. The maximum Gasteiger partial charge on any atom is 0.407 e. The first-order valence-corrected chi connectivity index (χ1v) is 3.66. The molecular weight excluding hydrogens is 202 g/mol. The summed E-state index contributed by atoms with van der Waals surface area (Å²) in [5.41, 5.74) is 4.73. The number of carbonyl (C=O) groups is 1. The minimum Gasteiger partial charge on any atom is -0.501 e. The second kappa shape index (κ2) is 4.06. The van der Waals surface area contributed by atoms with Crippen molar-refractivity contribution in [1.82, 2.24) is 4.98 Å². The quantitative estimate of drug-likeness (QED) is 0.366. The first-order chi connectivity index (χ1) is 7.00. The lowest BCUT2D eigenvalue weighted by molar-refractivity contribution is -0.390. The van der Waals surface area contributed by atoms with Crippen LogP contribution in [0.15, 0.2) is 12.1 Å². The van der Waals surface area contributed by atoms with Crippen molar-refractivity contribution < 1.29 is 14.8 Å². The van der Waals surface area contributed by atoms with E-state index in [0.717, 1.165) is 6.07 Å². The van der Waals surface area contributed by atoms with Gasteiger partial charge < -0.3 is 21.0 Å². The molecule has 1 heterocycles. The normalized spacial score (nSPS) is 8.80. The number of nitrogens with zero attached hydrogens (tertiary/aromatic N) is 2. The Balaban J connectivity index is 3.15. The third-order valence-corrected chi connectivity index (χ3v) is 1.34. The zero-order valence-corrected chi connectivity index (χ0v) is 7.30. The summed E-state index contributed by atoms with van der Waals surface area (Å²) in [6.07, 6.45) is 0. The van der Waals surface area contributed by atoms with Gasteiger partial charge in [0.1, 0.15) is 0 Å². The number of hydrogen-bond acceptors (Lipinski definition) is 5. The Morgan fingerprint density at radius 1 is 1.60 bits per heavy atom. The van der Waals surface area contributed by atoms with E-state index in [2.05, 4.69) is 10.9 Å². The summed E-state index contributed by atoms with van der Waals surface area (Å²) in [6, 6.07) is 2.30. The van der Waals surface area contributed by atoms with Gasteiger partial charge in [-0.15, -0.1) is 0 Å². The molecule has 0 spiro atoms. The first-order valence-electron chi connectivity index (χ1n) is 3.66. The number of carbonyl (C=O) groups excluding carboxylic acids is 1. The molecule has 0 unspecified atom stereocenters. The van der Waals surface area contributed by atoms with E-state index in [0.29, 0.717) is 0 Å². The van der Waals surface area contributed by atoms with Gasteiger partial charge in [-0.1, -0.05) is 0 Å². The number of amides is 1. The van der Waals surface area contributed by atoms with Crippen molar-refractivity contribution >= 4 is 11.7 Å². The maximum absolute atomic E-state index is 10.4. The van der Waals surface area contributed by atoms with E-state index in [9.17, 15) is 14.9 Å². The van der Waals surface area contributed by atoms with E-state index in [-0.39, 0.29) is 5.69 Å². The van der Waals surface area contributed by atoms with Crippen LogP contribution in [0.2, 0.25) is 0 Å². The van der Waals surface area contributed by atoms with Crippen LogP contribution in [0.25, 0.3) is 0 Å². The van der Waals surface area contributed by atoms with Crippen LogP contribution in [0.1, 0.15) is 5.69 Å². The number of primary amides is 1. The van der Waals surface area contributed by atoms with Crippen molar-refractivity contribution in [3.05, 3.63) is 27.9 Å². The Kier molecular flexibility index (Phi) is 2.83. The molecule has 15 heavy (non-hydrogen) atoms. The number of rotatable bonds is 1. The minimum absolute atomic E-state index is 0.0155. The van der Waals surface area contributed by atoms with Crippen molar-refractivity contribution in [2.75, 3.05) is 0 Å². The van der Waals surface area contributed by atoms with Crippen LogP contribution in [0.3, 0.4) is 0 Å². The standard InChI is InChI=1S/C8H5N3O4/c9-7(13)4-2-5-1-3-6(12)8(10-5)11(14)15/h1,3,12H,(H2,9,13). The van der Waals surface area contributed by atoms with E-state index in [1.807, 2.05) is 5.92 Å². The van der Waals surface area contributed by atoms with Gasteiger partial charge in [0.25, 0.3) is 5.91 Å². The molecule has 7 heteroatoms. The van der Waals surface area contributed by atoms with Gasteiger partial charge in [-0.05, 0) is 21.9 Å². The van der Waals surface area contributed by atoms with Crippen molar-refractivity contribution in [3.8, 4) is 17.6 Å². The second-order valence-corrected chi connectivity index (χ2v) is 2.41. The predicted octanol–water partition coefficient (Wildman–Crippen LogP) is -0.468. The maximum atomic E-state index is 10.4. The van der Waals surface area contributed by atoms with E-state index < -0.39 is 22.4 Å². The molecule has 0 fully saturated rings. The molecule has 0 saturated heterocycles. The van der Waals surface area contributed by atoms with Crippen LogP contribution >= 0.6 is 0 Å². The molecule has 0 saturated carbocycles. The molecule has 1 aromatic rings. The molecule has 76 valence electrons. The van der Waals surface area contributed by atoms with Crippen molar-refractivity contribution in [1.29, 1.82) is 0 Å². The Morgan fingerprint density at radius 3 is 2.80 bits per heavy atom. The fourth-order valence-electron chi connectivity index (χ4n) is 0.771. The second-order valence-electron chi connectivity index (χ2n) is 2.41. The molecule has 0 aliphatic heterocycles. The third-order valence-electron chi connectivity index (χ3n) is 1.34. The highest BCUT2D eigenvalue weighted by molar-refractivity contribution is 5.92. The molecule has 1 rings (SSSR count). The van der Waals surface area contributed by atoms with Gasteiger partial charge in [0.2, 0.25) is 11.4 Å². The zero-order chi connectivity index (χ0) is 11.4. The summed E-state index contributed by atoms with van der Waals surface area (Å²) in [5.74, 6) is 2.04. The Labute approximate surface area is 83.7 Å². The van der Waals surface area contributed by atoms with Crippen molar-refractivity contribution in [3.63, 3.8) is 0 Å². The van der Waals surface area contributed by atoms with Crippen LogP contribution in [0.5, 0.6) is 5.75 Å². The molecule has 0 atom stereocenters. The topological polar surface area (TPSA) is 119 Å².